The summed E-state index contributed by atoms with van der Waals surface area (Å²) in [6.07, 6.45) is 5.42. The Hall–Kier alpha value is -0.960. The van der Waals surface area contributed by atoms with E-state index in [-0.39, 0.29) is 5.41 Å². The Labute approximate surface area is 114 Å². The Morgan fingerprint density at radius 3 is 2.79 bits per heavy atom. The zero-order valence-electron chi connectivity index (χ0n) is 11.8. The Bertz CT molecular complexity index is 433. The van der Waals surface area contributed by atoms with Crippen LogP contribution in [0.2, 0.25) is 0 Å². The van der Waals surface area contributed by atoms with Crippen molar-refractivity contribution < 1.29 is 8.78 Å². The fourth-order valence-electron chi connectivity index (χ4n) is 3.15. The molecule has 0 aromatic heterocycles. The minimum Gasteiger partial charge on any atom is -0.314 e. The zero-order valence-corrected chi connectivity index (χ0v) is 11.8. The first-order valence-corrected chi connectivity index (χ1v) is 7.20. The Morgan fingerprint density at radius 1 is 1.32 bits per heavy atom. The number of hydrogen-bond acceptors (Lipinski definition) is 1. The lowest BCUT2D eigenvalue weighted by Gasteiger charge is -2.24. The lowest BCUT2D eigenvalue weighted by molar-refractivity contribution is 0.321. The van der Waals surface area contributed by atoms with Crippen molar-refractivity contribution in [2.75, 3.05) is 6.54 Å². The Morgan fingerprint density at radius 2 is 2.11 bits per heavy atom. The highest BCUT2D eigenvalue weighted by molar-refractivity contribution is 5.19. The van der Waals surface area contributed by atoms with Gasteiger partial charge in [-0.2, -0.15) is 0 Å². The van der Waals surface area contributed by atoms with Gasteiger partial charge in [0.05, 0.1) is 0 Å². The summed E-state index contributed by atoms with van der Waals surface area (Å²) in [5, 5.41) is 3.56. The SMILES string of the molecule is CCCNC1CCC(C)(Cc2ccc(F)c(F)c2)C1. The molecule has 0 heterocycles. The van der Waals surface area contributed by atoms with Crippen molar-refractivity contribution in [2.24, 2.45) is 5.41 Å². The van der Waals surface area contributed by atoms with Crippen LogP contribution >= 0.6 is 0 Å². The second-order valence-corrected chi connectivity index (χ2v) is 6.13. The van der Waals surface area contributed by atoms with E-state index in [4.69, 9.17) is 0 Å². The summed E-state index contributed by atoms with van der Waals surface area (Å²) in [6, 6.07) is 4.86. The standard InChI is InChI=1S/C16H23F2N/c1-3-8-19-13-6-7-16(2,11-13)10-12-4-5-14(17)15(18)9-12/h4-5,9,13,19H,3,6-8,10-11H2,1-2H3. The second kappa shape index (κ2) is 6.00. The molecule has 1 aliphatic carbocycles. The van der Waals surface area contributed by atoms with Gasteiger partial charge in [0, 0.05) is 6.04 Å². The average molecular weight is 267 g/mol. The minimum atomic E-state index is -0.761. The molecular weight excluding hydrogens is 244 g/mol. The first-order chi connectivity index (χ1) is 9.02. The van der Waals surface area contributed by atoms with E-state index in [2.05, 4.69) is 19.2 Å². The zero-order chi connectivity index (χ0) is 13.9. The van der Waals surface area contributed by atoms with Gasteiger partial charge in [-0.1, -0.05) is 19.9 Å². The van der Waals surface area contributed by atoms with Crippen molar-refractivity contribution in [2.45, 2.75) is 52.0 Å². The van der Waals surface area contributed by atoms with Crippen molar-refractivity contribution in [3.8, 4) is 0 Å². The maximum atomic E-state index is 13.2. The summed E-state index contributed by atoms with van der Waals surface area (Å²) in [5.74, 6) is -1.50. The molecule has 2 rings (SSSR count). The fourth-order valence-corrected chi connectivity index (χ4v) is 3.15. The Kier molecular flexibility index (Phi) is 4.56. The van der Waals surface area contributed by atoms with E-state index in [0.29, 0.717) is 6.04 Å². The summed E-state index contributed by atoms with van der Waals surface area (Å²) in [7, 11) is 0. The molecule has 0 bridgehead atoms. The normalized spacial score (nSPS) is 26.8. The van der Waals surface area contributed by atoms with Gasteiger partial charge in [-0.3, -0.25) is 0 Å². The third-order valence-electron chi connectivity index (χ3n) is 4.13. The summed E-state index contributed by atoms with van der Waals surface area (Å²) in [5.41, 5.74) is 1.10. The van der Waals surface area contributed by atoms with Crippen LogP contribution in [0.5, 0.6) is 0 Å². The van der Waals surface area contributed by atoms with Gasteiger partial charge in [-0.05, 0) is 61.8 Å². The van der Waals surface area contributed by atoms with E-state index in [1.165, 1.54) is 18.6 Å². The van der Waals surface area contributed by atoms with Crippen LogP contribution in [0.4, 0.5) is 8.78 Å². The van der Waals surface area contributed by atoms with E-state index >= 15 is 0 Å². The molecule has 1 aromatic carbocycles. The molecule has 2 unspecified atom stereocenters. The molecule has 0 aliphatic heterocycles. The number of halogens is 2. The van der Waals surface area contributed by atoms with Crippen LogP contribution in [-0.4, -0.2) is 12.6 Å². The maximum Gasteiger partial charge on any atom is 0.159 e. The van der Waals surface area contributed by atoms with Gasteiger partial charge < -0.3 is 5.32 Å². The highest BCUT2D eigenvalue weighted by atomic mass is 19.2. The van der Waals surface area contributed by atoms with Gasteiger partial charge in [0.2, 0.25) is 0 Å². The predicted molar refractivity (Wildman–Crippen MR) is 74.1 cm³/mol. The smallest absolute Gasteiger partial charge is 0.159 e. The van der Waals surface area contributed by atoms with Crippen molar-refractivity contribution in [1.82, 2.24) is 5.32 Å². The average Bonchev–Trinajstić information content (AvgIpc) is 2.73. The summed E-state index contributed by atoms with van der Waals surface area (Å²) < 4.78 is 26.2. The molecule has 0 saturated heterocycles. The number of nitrogens with one attached hydrogen (secondary N) is 1. The summed E-state index contributed by atoms with van der Waals surface area (Å²) in [6.45, 7) is 5.48. The monoisotopic (exact) mass is 267 g/mol. The highest BCUT2D eigenvalue weighted by Gasteiger charge is 2.34. The van der Waals surface area contributed by atoms with E-state index in [0.717, 1.165) is 37.8 Å². The molecule has 1 nitrogen and oxygen atoms in total. The van der Waals surface area contributed by atoms with Crippen LogP contribution in [0.1, 0.15) is 45.1 Å². The minimum absolute atomic E-state index is 0.204. The van der Waals surface area contributed by atoms with Gasteiger partial charge in [0.25, 0.3) is 0 Å². The second-order valence-electron chi connectivity index (χ2n) is 6.13. The first-order valence-electron chi connectivity index (χ1n) is 7.20. The van der Waals surface area contributed by atoms with Crippen molar-refractivity contribution >= 4 is 0 Å². The lowest BCUT2D eigenvalue weighted by Crippen LogP contribution is -2.28. The molecule has 0 spiro atoms. The van der Waals surface area contributed by atoms with Crippen LogP contribution in [0.15, 0.2) is 18.2 Å². The molecule has 106 valence electrons. The number of hydrogen-bond donors (Lipinski definition) is 1. The summed E-state index contributed by atoms with van der Waals surface area (Å²) in [4.78, 5) is 0. The third-order valence-corrected chi connectivity index (χ3v) is 4.13. The first kappa shape index (κ1) is 14.4. The topological polar surface area (TPSA) is 12.0 Å². The molecule has 2 atom stereocenters. The lowest BCUT2D eigenvalue weighted by atomic mass is 9.82. The van der Waals surface area contributed by atoms with E-state index in [9.17, 15) is 8.78 Å². The highest BCUT2D eigenvalue weighted by Crippen LogP contribution is 2.40. The fraction of sp³-hybridized carbons (Fsp3) is 0.625. The molecule has 0 radical (unpaired) electrons. The quantitative estimate of drug-likeness (QED) is 0.848. The third kappa shape index (κ3) is 3.75. The van der Waals surface area contributed by atoms with Gasteiger partial charge in [-0.15, -0.1) is 0 Å². The molecule has 1 aliphatic rings. The molecule has 1 saturated carbocycles. The van der Waals surface area contributed by atoms with Crippen LogP contribution in [0.3, 0.4) is 0 Å². The van der Waals surface area contributed by atoms with Crippen LogP contribution in [0.25, 0.3) is 0 Å². The molecule has 1 fully saturated rings. The van der Waals surface area contributed by atoms with Gasteiger partial charge in [0.1, 0.15) is 0 Å². The molecule has 0 amide bonds. The Balaban J connectivity index is 1.96. The molecule has 1 aromatic rings. The van der Waals surface area contributed by atoms with Crippen molar-refractivity contribution in [3.05, 3.63) is 35.4 Å². The largest absolute Gasteiger partial charge is 0.314 e. The van der Waals surface area contributed by atoms with E-state index in [1.54, 1.807) is 6.07 Å². The molecule has 19 heavy (non-hydrogen) atoms. The van der Waals surface area contributed by atoms with Gasteiger partial charge >= 0.3 is 0 Å². The summed E-state index contributed by atoms with van der Waals surface area (Å²) >= 11 is 0. The van der Waals surface area contributed by atoms with E-state index in [1.807, 2.05) is 0 Å². The predicted octanol–water partition coefficient (Wildman–Crippen LogP) is 4.07. The molecular formula is C16H23F2N. The van der Waals surface area contributed by atoms with Crippen LogP contribution in [0, 0.1) is 17.0 Å². The molecule has 1 N–H and O–H groups in total. The van der Waals surface area contributed by atoms with Crippen LogP contribution in [-0.2, 0) is 6.42 Å². The van der Waals surface area contributed by atoms with Gasteiger partial charge in [-0.25, -0.2) is 8.78 Å². The molecule has 3 heteroatoms. The van der Waals surface area contributed by atoms with Crippen molar-refractivity contribution in [1.29, 1.82) is 0 Å². The van der Waals surface area contributed by atoms with Gasteiger partial charge in [0.15, 0.2) is 11.6 Å². The van der Waals surface area contributed by atoms with Crippen LogP contribution < -0.4 is 5.32 Å². The van der Waals surface area contributed by atoms with E-state index < -0.39 is 11.6 Å². The number of benzene rings is 1. The van der Waals surface area contributed by atoms with Crippen molar-refractivity contribution in [3.63, 3.8) is 0 Å². The number of rotatable bonds is 5. The maximum absolute atomic E-state index is 13.2.